The number of pyridine rings is 1. The predicted octanol–water partition coefficient (Wildman–Crippen LogP) is 1.72. The van der Waals surface area contributed by atoms with Crippen molar-refractivity contribution in [1.29, 1.82) is 0 Å². The van der Waals surface area contributed by atoms with Crippen LogP contribution in [0.4, 0.5) is 0 Å². The molecule has 1 atom stereocenters. The Morgan fingerprint density at radius 3 is 3.09 bits per heavy atom. The lowest BCUT2D eigenvalue weighted by Gasteiger charge is -2.30. The van der Waals surface area contributed by atoms with Gasteiger partial charge in [0.1, 0.15) is 0 Å². The molecular weight excluding hydrogens is 298 g/mol. The molecule has 6 nitrogen and oxygen atoms in total. The zero-order chi connectivity index (χ0) is 15.2. The van der Waals surface area contributed by atoms with Gasteiger partial charge in [0.25, 0.3) is 5.91 Å². The number of carbonyl (C=O) groups is 1. The Bertz CT molecular complexity index is 581. The second-order valence-electron chi connectivity index (χ2n) is 5.38. The minimum Gasteiger partial charge on any atom is -0.328 e. The number of aromatic nitrogens is 3. The molecule has 1 aliphatic rings. The molecule has 1 fully saturated rings. The molecule has 2 aromatic heterocycles. The summed E-state index contributed by atoms with van der Waals surface area (Å²) in [5, 5.41) is 3.39. The Labute approximate surface area is 133 Å². The van der Waals surface area contributed by atoms with Crippen molar-refractivity contribution in [3.63, 3.8) is 0 Å². The van der Waals surface area contributed by atoms with Crippen LogP contribution in [0, 0.1) is 0 Å². The third-order valence-electron chi connectivity index (χ3n) is 3.89. The third-order valence-corrected chi connectivity index (χ3v) is 4.36. The Hall–Kier alpha value is -1.86. The summed E-state index contributed by atoms with van der Waals surface area (Å²) in [6.45, 7) is 2.47. The van der Waals surface area contributed by atoms with Gasteiger partial charge in [0.15, 0.2) is 5.69 Å². The summed E-state index contributed by atoms with van der Waals surface area (Å²) >= 11 is 1.07. The van der Waals surface area contributed by atoms with Crippen LogP contribution in [0.15, 0.2) is 30.6 Å². The van der Waals surface area contributed by atoms with Crippen molar-refractivity contribution in [3.05, 3.63) is 42.0 Å². The van der Waals surface area contributed by atoms with E-state index in [-0.39, 0.29) is 11.9 Å². The number of rotatable bonds is 4. The van der Waals surface area contributed by atoms with E-state index in [0.717, 1.165) is 49.8 Å². The zero-order valence-corrected chi connectivity index (χ0v) is 13.1. The van der Waals surface area contributed by atoms with Crippen LogP contribution in [0.5, 0.6) is 0 Å². The second-order valence-corrected chi connectivity index (χ2v) is 5.94. The van der Waals surface area contributed by atoms with Gasteiger partial charge in [-0.25, -0.2) is 0 Å². The summed E-state index contributed by atoms with van der Waals surface area (Å²) in [7, 11) is 0. The number of carbonyl (C=O) groups excluding carboxylic acids is 1. The van der Waals surface area contributed by atoms with Gasteiger partial charge in [-0.3, -0.25) is 9.78 Å². The van der Waals surface area contributed by atoms with E-state index in [2.05, 4.69) is 19.0 Å². The van der Waals surface area contributed by atoms with Gasteiger partial charge in [-0.1, -0.05) is 6.07 Å². The highest BCUT2D eigenvalue weighted by Crippen LogP contribution is 2.18. The normalized spacial score (nSPS) is 18.6. The zero-order valence-electron chi connectivity index (χ0n) is 12.3. The highest BCUT2D eigenvalue weighted by atomic mass is 32.1. The Morgan fingerprint density at radius 2 is 2.32 bits per heavy atom. The van der Waals surface area contributed by atoms with Gasteiger partial charge in [-0.15, -0.1) is 0 Å². The molecule has 0 aliphatic carbocycles. The summed E-state index contributed by atoms with van der Waals surface area (Å²) in [5.41, 5.74) is 1.33. The topological polar surface area (TPSA) is 71.0 Å². The molecule has 0 saturated carbocycles. The lowest BCUT2D eigenvalue weighted by atomic mass is 10.1. The molecule has 3 rings (SSSR count). The van der Waals surface area contributed by atoms with E-state index in [9.17, 15) is 4.79 Å². The van der Waals surface area contributed by atoms with Gasteiger partial charge in [0, 0.05) is 12.2 Å². The van der Waals surface area contributed by atoms with E-state index in [4.69, 9.17) is 0 Å². The van der Waals surface area contributed by atoms with Crippen LogP contribution in [0.25, 0.3) is 0 Å². The number of nitrogens with one attached hydrogen (secondary N) is 1. The van der Waals surface area contributed by atoms with Crippen molar-refractivity contribution in [2.75, 3.05) is 13.1 Å². The van der Waals surface area contributed by atoms with Crippen molar-refractivity contribution in [2.24, 2.45) is 0 Å². The Morgan fingerprint density at radius 1 is 1.36 bits per heavy atom. The highest BCUT2D eigenvalue weighted by molar-refractivity contribution is 6.99. The monoisotopic (exact) mass is 317 g/mol. The van der Waals surface area contributed by atoms with Gasteiger partial charge in [0.2, 0.25) is 0 Å². The van der Waals surface area contributed by atoms with Crippen LogP contribution >= 0.6 is 11.7 Å². The first-order valence-corrected chi connectivity index (χ1v) is 8.27. The number of hydrogen-bond acceptors (Lipinski definition) is 6. The fraction of sp³-hybridized carbons (Fsp3) is 0.467. The van der Waals surface area contributed by atoms with Crippen LogP contribution in [0.3, 0.4) is 0 Å². The van der Waals surface area contributed by atoms with Gasteiger partial charge in [-0.05, 0) is 44.5 Å². The Kier molecular flexibility index (Phi) is 5.07. The van der Waals surface area contributed by atoms with E-state index < -0.39 is 0 Å². The highest BCUT2D eigenvalue weighted by Gasteiger charge is 2.27. The average molecular weight is 317 g/mol. The van der Waals surface area contributed by atoms with Crippen LogP contribution in [-0.2, 0) is 6.54 Å². The van der Waals surface area contributed by atoms with Crippen LogP contribution in [0.1, 0.15) is 35.4 Å². The molecule has 0 radical (unpaired) electrons. The maximum absolute atomic E-state index is 12.8. The average Bonchev–Trinajstić information content (AvgIpc) is 2.96. The van der Waals surface area contributed by atoms with Gasteiger partial charge in [-0.2, -0.15) is 8.75 Å². The molecule has 22 heavy (non-hydrogen) atoms. The molecule has 116 valence electrons. The lowest BCUT2D eigenvalue weighted by molar-refractivity contribution is 0.0637. The first-order valence-electron chi connectivity index (χ1n) is 7.54. The van der Waals surface area contributed by atoms with Crippen molar-refractivity contribution in [2.45, 2.75) is 31.8 Å². The summed E-state index contributed by atoms with van der Waals surface area (Å²) in [4.78, 5) is 19.1. The predicted molar refractivity (Wildman–Crippen MR) is 84.5 cm³/mol. The minimum atomic E-state index is -0.0497. The third kappa shape index (κ3) is 3.66. The molecule has 0 spiro atoms. The summed E-state index contributed by atoms with van der Waals surface area (Å²) in [6.07, 6.45) is 6.34. The molecule has 1 amide bonds. The molecule has 7 heteroatoms. The molecule has 2 aromatic rings. The Balaban J connectivity index is 1.82. The van der Waals surface area contributed by atoms with Gasteiger partial charge < -0.3 is 10.2 Å². The molecule has 1 N–H and O–H groups in total. The van der Waals surface area contributed by atoms with Gasteiger partial charge >= 0.3 is 0 Å². The second kappa shape index (κ2) is 7.42. The van der Waals surface area contributed by atoms with Crippen LogP contribution in [0.2, 0.25) is 0 Å². The van der Waals surface area contributed by atoms with Crippen molar-refractivity contribution >= 4 is 17.6 Å². The van der Waals surface area contributed by atoms with E-state index in [1.54, 1.807) is 12.4 Å². The number of nitrogens with zero attached hydrogens (tertiary/aromatic N) is 4. The number of amides is 1. The summed E-state index contributed by atoms with van der Waals surface area (Å²) < 4.78 is 8.05. The smallest absolute Gasteiger partial charge is 0.275 e. The standard InChI is InChI=1S/C15H19N5OS/c21-15(14-10-18-22-19-14)20(11-12-4-1-2-8-17-12)13-5-3-7-16-9-6-13/h1-2,4,8,10,13,16H,3,5-7,9,11H2/t13-/m1/s1. The minimum absolute atomic E-state index is 0.0497. The lowest BCUT2D eigenvalue weighted by Crippen LogP contribution is -2.40. The first-order chi connectivity index (χ1) is 10.8. The van der Waals surface area contributed by atoms with E-state index in [0.29, 0.717) is 12.2 Å². The molecule has 1 saturated heterocycles. The fourth-order valence-electron chi connectivity index (χ4n) is 2.75. The van der Waals surface area contributed by atoms with E-state index in [1.165, 1.54) is 0 Å². The quantitative estimate of drug-likeness (QED) is 0.929. The maximum Gasteiger partial charge on any atom is 0.275 e. The van der Waals surface area contributed by atoms with Crippen molar-refractivity contribution in [1.82, 2.24) is 23.9 Å². The molecule has 0 aromatic carbocycles. The van der Waals surface area contributed by atoms with E-state index in [1.807, 2.05) is 23.1 Å². The molecule has 1 aliphatic heterocycles. The van der Waals surface area contributed by atoms with Crippen molar-refractivity contribution in [3.8, 4) is 0 Å². The molecular formula is C15H19N5OS. The van der Waals surface area contributed by atoms with Crippen LogP contribution in [-0.4, -0.2) is 43.7 Å². The molecule has 0 unspecified atom stereocenters. The van der Waals surface area contributed by atoms with E-state index >= 15 is 0 Å². The first kappa shape index (κ1) is 15.1. The number of hydrogen-bond donors (Lipinski definition) is 1. The van der Waals surface area contributed by atoms with Crippen LogP contribution < -0.4 is 5.32 Å². The van der Waals surface area contributed by atoms with Gasteiger partial charge in [0.05, 0.1) is 30.2 Å². The summed E-state index contributed by atoms with van der Waals surface area (Å²) in [5.74, 6) is -0.0497. The molecule has 3 heterocycles. The largest absolute Gasteiger partial charge is 0.328 e. The molecule has 0 bridgehead atoms. The summed E-state index contributed by atoms with van der Waals surface area (Å²) in [6, 6.07) is 6.00. The van der Waals surface area contributed by atoms with Crippen molar-refractivity contribution < 1.29 is 4.79 Å². The fourth-order valence-corrected chi connectivity index (χ4v) is 3.16. The maximum atomic E-state index is 12.8. The SMILES string of the molecule is O=C(c1cnsn1)N(Cc1ccccn1)[C@@H]1CCCNCC1.